The SMILES string of the molecule is COc1ccc(NC(=O)CSc2nnc(NC(=O)C(C)C)s2)cc1OC. The van der Waals surface area contributed by atoms with Gasteiger partial charge in [-0.3, -0.25) is 9.59 Å². The van der Waals surface area contributed by atoms with Gasteiger partial charge >= 0.3 is 0 Å². The lowest BCUT2D eigenvalue weighted by atomic mass is 10.2. The number of nitrogens with zero attached hydrogens (tertiary/aromatic N) is 2. The summed E-state index contributed by atoms with van der Waals surface area (Å²) in [7, 11) is 3.08. The number of carbonyl (C=O) groups is 2. The third-order valence-corrected chi connectivity index (χ3v) is 5.13. The number of benzene rings is 1. The van der Waals surface area contributed by atoms with Gasteiger partial charge in [0.05, 0.1) is 20.0 Å². The molecule has 0 unspecified atom stereocenters. The van der Waals surface area contributed by atoms with Crippen LogP contribution in [-0.2, 0) is 9.59 Å². The predicted octanol–water partition coefficient (Wildman–Crippen LogP) is 2.88. The number of hydrogen-bond donors (Lipinski definition) is 2. The van der Waals surface area contributed by atoms with E-state index in [4.69, 9.17) is 9.47 Å². The Hall–Kier alpha value is -2.33. The van der Waals surface area contributed by atoms with E-state index < -0.39 is 0 Å². The molecule has 1 aromatic carbocycles. The monoisotopic (exact) mass is 396 g/mol. The van der Waals surface area contributed by atoms with Gasteiger partial charge in [-0.1, -0.05) is 36.9 Å². The maximum absolute atomic E-state index is 12.1. The van der Waals surface area contributed by atoms with Gasteiger partial charge in [0, 0.05) is 17.7 Å². The lowest BCUT2D eigenvalue weighted by Crippen LogP contribution is -2.17. The Balaban J connectivity index is 1.87. The first-order valence-corrected chi connectivity index (χ1v) is 9.52. The summed E-state index contributed by atoms with van der Waals surface area (Å²) < 4.78 is 11.0. The van der Waals surface area contributed by atoms with Crippen LogP contribution < -0.4 is 20.1 Å². The molecule has 1 heterocycles. The summed E-state index contributed by atoms with van der Waals surface area (Å²) in [6.45, 7) is 3.59. The predicted molar refractivity (Wildman–Crippen MR) is 102 cm³/mol. The number of hydrogen-bond acceptors (Lipinski definition) is 8. The molecule has 0 atom stereocenters. The van der Waals surface area contributed by atoms with Crippen LogP contribution in [0.3, 0.4) is 0 Å². The van der Waals surface area contributed by atoms with Crippen LogP contribution in [0.2, 0.25) is 0 Å². The molecule has 2 aromatic rings. The van der Waals surface area contributed by atoms with E-state index >= 15 is 0 Å². The third-order valence-electron chi connectivity index (χ3n) is 3.16. The van der Waals surface area contributed by atoms with Crippen molar-refractivity contribution in [2.24, 2.45) is 5.92 Å². The van der Waals surface area contributed by atoms with Crippen LogP contribution in [0.4, 0.5) is 10.8 Å². The standard InChI is InChI=1S/C16H20N4O4S2/c1-9(2)14(22)18-15-19-20-16(26-15)25-8-13(21)17-10-5-6-11(23-3)12(7-10)24-4/h5-7,9H,8H2,1-4H3,(H,17,21)(H,18,19,22). The van der Waals surface area contributed by atoms with Crippen molar-refractivity contribution in [2.45, 2.75) is 18.2 Å². The van der Waals surface area contributed by atoms with Gasteiger partial charge in [-0.2, -0.15) is 0 Å². The Morgan fingerprint density at radius 1 is 1.15 bits per heavy atom. The van der Waals surface area contributed by atoms with Gasteiger partial charge in [-0.25, -0.2) is 0 Å². The summed E-state index contributed by atoms with van der Waals surface area (Å²) >= 11 is 2.48. The molecule has 0 fully saturated rings. The topological polar surface area (TPSA) is 102 Å². The largest absolute Gasteiger partial charge is 0.493 e. The molecule has 26 heavy (non-hydrogen) atoms. The number of rotatable bonds is 8. The molecular formula is C16H20N4O4S2. The Kier molecular flexibility index (Phi) is 7.22. The van der Waals surface area contributed by atoms with E-state index in [1.165, 1.54) is 30.2 Å². The number of anilines is 2. The van der Waals surface area contributed by atoms with E-state index in [1.54, 1.807) is 39.2 Å². The smallest absolute Gasteiger partial charge is 0.234 e. The van der Waals surface area contributed by atoms with E-state index in [1.807, 2.05) is 0 Å². The molecule has 0 aliphatic carbocycles. The van der Waals surface area contributed by atoms with Crippen LogP contribution in [0.5, 0.6) is 11.5 Å². The van der Waals surface area contributed by atoms with E-state index in [9.17, 15) is 9.59 Å². The van der Waals surface area contributed by atoms with Crippen LogP contribution in [0.25, 0.3) is 0 Å². The molecule has 0 aliphatic rings. The van der Waals surface area contributed by atoms with Gasteiger partial charge in [0.25, 0.3) is 0 Å². The van der Waals surface area contributed by atoms with Gasteiger partial charge in [0.1, 0.15) is 0 Å². The Labute approximate surface area is 159 Å². The molecule has 8 nitrogen and oxygen atoms in total. The zero-order valence-electron chi connectivity index (χ0n) is 14.9. The number of aromatic nitrogens is 2. The van der Waals surface area contributed by atoms with E-state index in [2.05, 4.69) is 20.8 Å². The van der Waals surface area contributed by atoms with Crippen molar-refractivity contribution in [3.63, 3.8) is 0 Å². The van der Waals surface area contributed by atoms with Gasteiger partial charge < -0.3 is 20.1 Å². The molecule has 0 saturated heterocycles. The van der Waals surface area contributed by atoms with Crippen LogP contribution in [0, 0.1) is 5.92 Å². The van der Waals surface area contributed by atoms with Gasteiger partial charge in [0.2, 0.25) is 16.9 Å². The summed E-state index contributed by atoms with van der Waals surface area (Å²) in [5, 5.41) is 13.7. The van der Waals surface area contributed by atoms with Crippen molar-refractivity contribution in [3.8, 4) is 11.5 Å². The minimum absolute atomic E-state index is 0.121. The molecule has 0 saturated carbocycles. The Bertz CT molecular complexity index is 779. The summed E-state index contributed by atoms with van der Waals surface area (Å²) in [4.78, 5) is 23.7. The zero-order valence-corrected chi connectivity index (χ0v) is 16.5. The number of thioether (sulfide) groups is 1. The number of amides is 2. The van der Waals surface area contributed by atoms with Crippen molar-refractivity contribution in [1.82, 2.24) is 10.2 Å². The molecule has 1 aromatic heterocycles. The zero-order chi connectivity index (χ0) is 19.1. The molecule has 2 N–H and O–H groups in total. The van der Waals surface area contributed by atoms with E-state index in [0.29, 0.717) is 26.7 Å². The highest BCUT2D eigenvalue weighted by Crippen LogP contribution is 2.30. The first kappa shape index (κ1) is 20.0. The third kappa shape index (κ3) is 5.60. The quantitative estimate of drug-likeness (QED) is 0.522. The van der Waals surface area contributed by atoms with Gasteiger partial charge in [0.15, 0.2) is 15.8 Å². The Morgan fingerprint density at radius 2 is 1.88 bits per heavy atom. The van der Waals surface area contributed by atoms with Gasteiger partial charge in [-0.05, 0) is 12.1 Å². The second-order valence-corrected chi connectivity index (χ2v) is 7.62. The number of carbonyl (C=O) groups excluding carboxylic acids is 2. The van der Waals surface area contributed by atoms with Crippen molar-refractivity contribution < 1.29 is 19.1 Å². The van der Waals surface area contributed by atoms with Crippen molar-refractivity contribution in [1.29, 1.82) is 0 Å². The maximum Gasteiger partial charge on any atom is 0.234 e. The molecular weight excluding hydrogens is 376 g/mol. The molecule has 0 aliphatic heterocycles. The van der Waals surface area contributed by atoms with Crippen LogP contribution in [0.1, 0.15) is 13.8 Å². The number of ether oxygens (including phenoxy) is 2. The molecule has 0 spiro atoms. The molecule has 2 amide bonds. The summed E-state index contributed by atoms with van der Waals surface area (Å²) in [6, 6.07) is 5.14. The van der Waals surface area contributed by atoms with Crippen molar-refractivity contribution in [2.75, 3.05) is 30.6 Å². The van der Waals surface area contributed by atoms with E-state index in [-0.39, 0.29) is 23.5 Å². The minimum atomic E-state index is -0.190. The summed E-state index contributed by atoms with van der Waals surface area (Å²) in [5.41, 5.74) is 0.607. The van der Waals surface area contributed by atoms with Crippen LogP contribution in [-0.4, -0.2) is 42.0 Å². The fourth-order valence-electron chi connectivity index (χ4n) is 1.81. The molecule has 140 valence electrons. The summed E-state index contributed by atoms with van der Waals surface area (Å²) in [6.07, 6.45) is 0. The van der Waals surface area contributed by atoms with Gasteiger partial charge in [-0.15, -0.1) is 10.2 Å². The lowest BCUT2D eigenvalue weighted by Gasteiger charge is -2.10. The highest BCUT2D eigenvalue weighted by atomic mass is 32.2. The second-order valence-electron chi connectivity index (χ2n) is 5.42. The highest BCUT2D eigenvalue weighted by Gasteiger charge is 2.13. The average Bonchev–Trinajstić information content (AvgIpc) is 3.07. The van der Waals surface area contributed by atoms with Crippen LogP contribution in [0.15, 0.2) is 22.5 Å². The van der Waals surface area contributed by atoms with Crippen LogP contribution >= 0.6 is 23.1 Å². The number of methoxy groups -OCH3 is 2. The lowest BCUT2D eigenvalue weighted by molar-refractivity contribution is -0.119. The fourth-order valence-corrected chi connectivity index (χ4v) is 3.36. The van der Waals surface area contributed by atoms with Crippen molar-refractivity contribution >= 4 is 45.7 Å². The average molecular weight is 396 g/mol. The minimum Gasteiger partial charge on any atom is -0.493 e. The first-order chi connectivity index (χ1) is 12.4. The molecule has 2 rings (SSSR count). The Morgan fingerprint density at radius 3 is 2.54 bits per heavy atom. The second kappa shape index (κ2) is 9.39. The van der Waals surface area contributed by atoms with E-state index in [0.717, 1.165) is 0 Å². The summed E-state index contributed by atoms with van der Waals surface area (Å²) in [5.74, 6) is 0.842. The molecule has 0 bridgehead atoms. The normalized spacial score (nSPS) is 10.5. The maximum atomic E-state index is 12.1. The highest BCUT2D eigenvalue weighted by molar-refractivity contribution is 8.01. The number of nitrogens with one attached hydrogen (secondary N) is 2. The van der Waals surface area contributed by atoms with Crippen molar-refractivity contribution in [3.05, 3.63) is 18.2 Å². The molecule has 10 heteroatoms. The molecule has 0 radical (unpaired) electrons. The fraction of sp³-hybridized carbons (Fsp3) is 0.375. The first-order valence-electron chi connectivity index (χ1n) is 7.72.